The molecular weight excluding hydrogens is 324 g/mol. The lowest BCUT2D eigenvalue weighted by Crippen LogP contribution is -2.12. The van der Waals surface area contributed by atoms with E-state index in [1.54, 1.807) is 42.6 Å². The standard InChI is InChI=1S/C14H13BrN2O3/c15-13-9-10(5-6-16-13)14(19)17-11-1-3-12(4-2-11)20-8-7-18/h1-6,9,18H,7-8H2,(H,17,19). The van der Waals surface area contributed by atoms with E-state index in [9.17, 15) is 4.79 Å². The second-order valence-electron chi connectivity index (χ2n) is 3.92. The van der Waals surface area contributed by atoms with E-state index < -0.39 is 0 Å². The van der Waals surface area contributed by atoms with Crippen molar-refractivity contribution in [2.75, 3.05) is 18.5 Å². The zero-order valence-electron chi connectivity index (χ0n) is 10.5. The first-order valence-electron chi connectivity index (χ1n) is 5.95. The number of carbonyl (C=O) groups excluding carboxylic acids is 1. The van der Waals surface area contributed by atoms with Gasteiger partial charge in [-0.15, -0.1) is 0 Å². The normalized spacial score (nSPS) is 10.1. The monoisotopic (exact) mass is 336 g/mol. The topological polar surface area (TPSA) is 71.5 Å². The molecule has 20 heavy (non-hydrogen) atoms. The summed E-state index contributed by atoms with van der Waals surface area (Å²) in [4.78, 5) is 16.0. The Bertz CT molecular complexity index is 587. The minimum atomic E-state index is -0.211. The molecule has 2 N–H and O–H groups in total. The third kappa shape index (κ3) is 4.04. The molecule has 1 amide bonds. The number of nitrogens with zero attached hydrogens (tertiary/aromatic N) is 1. The highest BCUT2D eigenvalue weighted by Gasteiger charge is 2.06. The molecule has 5 nitrogen and oxygen atoms in total. The van der Waals surface area contributed by atoms with Gasteiger partial charge in [0.2, 0.25) is 0 Å². The van der Waals surface area contributed by atoms with Gasteiger partial charge in [-0.2, -0.15) is 0 Å². The highest BCUT2D eigenvalue weighted by atomic mass is 79.9. The summed E-state index contributed by atoms with van der Waals surface area (Å²) < 4.78 is 5.85. The number of hydrogen-bond donors (Lipinski definition) is 2. The molecule has 0 atom stereocenters. The van der Waals surface area contributed by atoms with E-state index in [1.165, 1.54) is 0 Å². The first kappa shape index (κ1) is 14.5. The summed E-state index contributed by atoms with van der Waals surface area (Å²) >= 11 is 3.22. The van der Waals surface area contributed by atoms with Gasteiger partial charge in [0.25, 0.3) is 5.91 Å². The van der Waals surface area contributed by atoms with Crippen molar-refractivity contribution in [1.82, 2.24) is 4.98 Å². The highest BCUT2D eigenvalue weighted by Crippen LogP contribution is 2.17. The molecule has 0 spiro atoms. The molecule has 0 saturated heterocycles. The maximum absolute atomic E-state index is 12.0. The van der Waals surface area contributed by atoms with Crippen molar-refractivity contribution in [2.45, 2.75) is 0 Å². The van der Waals surface area contributed by atoms with Crippen LogP contribution >= 0.6 is 15.9 Å². The first-order valence-corrected chi connectivity index (χ1v) is 6.75. The van der Waals surface area contributed by atoms with Gasteiger partial charge in [-0.3, -0.25) is 4.79 Å². The summed E-state index contributed by atoms with van der Waals surface area (Å²) in [6.07, 6.45) is 1.56. The van der Waals surface area contributed by atoms with Crippen LogP contribution in [0, 0.1) is 0 Å². The summed E-state index contributed by atoms with van der Waals surface area (Å²) in [5.74, 6) is 0.431. The molecule has 2 rings (SSSR count). The van der Waals surface area contributed by atoms with Crippen LogP contribution in [0.1, 0.15) is 10.4 Å². The number of hydrogen-bond acceptors (Lipinski definition) is 4. The number of ether oxygens (including phenoxy) is 1. The SMILES string of the molecule is O=C(Nc1ccc(OCCO)cc1)c1ccnc(Br)c1. The molecule has 0 aliphatic rings. The van der Waals surface area contributed by atoms with Gasteiger partial charge in [-0.05, 0) is 52.3 Å². The number of aliphatic hydroxyl groups is 1. The number of aliphatic hydroxyl groups excluding tert-OH is 1. The third-order valence-corrected chi connectivity index (χ3v) is 2.89. The number of rotatable bonds is 5. The van der Waals surface area contributed by atoms with E-state index >= 15 is 0 Å². The molecule has 0 aliphatic heterocycles. The molecule has 0 aliphatic carbocycles. The fraction of sp³-hybridized carbons (Fsp3) is 0.143. The average molecular weight is 337 g/mol. The maximum atomic E-state index is 12.0. The second kappa shape index (κ2) is 7.02. The van der Waals surface area contributed by atoms with Crippen molar-refractivity contribution in [3.63, 3.8) is 0 Å². The Morgan fingerprint density at radius 3 is 2.70 bits per heavy atom. The lowest BCUT2D eigenvalue weighted by Gasteiger charge is -2.07. The Morgan fingerprint density at radius 2 is 2.05 bits per heavy atom. The minimum absolute atomic E-state index is 0.0323. The van der Waals surface area contributed by atoms with Crippen LogP contribution < -0.4 is 10.1 Å². The number of pyridine rings is 1. The Morgan fingerprint density at radius 1 is 1.30 bits per heavy atom. The van der Waals surface area contributed by atoms with E-state index in [4.69, 9.17) is 9.84 Å². The van der Waals surface area contributed by atoms with Crippen LogP contribution in [0.15, 0.2) is 47.2 Å². The number of carbonyl (C=O) groups is 1. The van der Waals surface area contributed by atoms with Crippen LogP contribution in [0.4, 0.5) is 5.69 Å². The smallest absolute Gasteiger partial charge is 0.255 e. The van der Waals surface area contributed by atoms with Gasteiger partial charge in [-0.25, -0.2) is 4.98 Å². The molecule has 1 aromatic heterocycles. The largest absolute Gasteiger partial charge is 0.491 e. The van der Waals surface area contributed by atoms with Crippen LogP contribution in [-0.4, -0.2) is 29.2 Å². The average Bonchev–Trinajstić information content (AvgIpc) is 2.46. The summed E-state index contributed by atoms with van der Waals surface area (Å²) in [5.41, 5.74) is 1.19. The van der Waals surface area contributed by atoms with Crippen LogP contribution in [0.5, 0.6) is 5.75 Å². The van der Waals surface area contributed by atoms with Crippen molar-refractivity contribution in [1.29, 1.82) is 0 Å². The molecule has 0 radical (unpaired) electrons. The zero-order chi connectivity index (χ0) is 14.4. The summed E-state index contributed by atoms with van der Waals surface area (Å²) in [6, 6.07) is 10.2. The predicted molar refractivity (Wildman–Crippen MR) is 78.9 cm³/mol. The van der Waals surface area contributed by atoms with E-state index in [-0.39, 0.29) is 19.1 Å². The van der Waals surface area contributed by atoms with E-state index in [0.717, 1.165) is 0 Å². The van der Waals surface area contributed by atoms with Crippen molar-refractivity contribution in [2.24, 2.45) is 0 Å². The second-order valence-corrected chi connectivity index (χ2v) is 4.73. The number of anilines is 1. The number of nitrogens with one attached hydrogen (secondary N) is 1. The van der Waals surface area contributed by atoms with Gasteiger partial charge in [0.1, 0.15) is 17.0 Å². The number of amides is 1. The van der Waals surface area contributed by atoms with Crippen molar-refractivity contribution in [3.8, 4) is 5.75 Å². The fourth-order valence-corrected chi connectivity index (χ4v) is 1.91. The molecule has 0 saturated carbocycles. The van der Waals surface area contributed by atoms with Crippen LogP contribution in [-0.2, 0) is 0 Å². The minimum Gasteiger partial charge on any atom is -0.491 e. The number of aromatic nitrogens is 1. The molecule has 6 heteroatoms. The zero-order valence-corrected chi connectivity index (χ0v) is 12.1. The maximum Gasteiger partial charge on any atom is 0.255 e. The van der Waals surface area contributed by atoms with Crippen LogP contribution in [0.25, 0.3) is 0 Å². The Hall–Kier alpha value is -1.92. The molecule has 104 valence electrons. The van der Waals surface area contributed by atoms with Gasteiger partial charge in [-0.1, -0.05) is 0 Å². The highest BCUT2D eigenvalue weighted by molar-refractivity contribution is 9.10. The quantitative estimate of drug-likeness (QED) is 0.823. The predicted octanol–water partition coefficient (Wildman–Crippen LogP) is 2.47. The van der Waals surface area contributed by atoms with Crippen LogP contribution in [0.3, 0.4) is 0 Å². The van der Waals surface area contributed by atoms with E-state index in [2.05, 4.69) is 26.2 Å². The van der Waals surface area contributed by atoms with Crippen molar-refractivity contribution in [3.05, 3.63) is 52.8 Å². The third-order valence-electron chi connectivity index (χ3n) is 2.46. The van der Waals surface area contributed by atoms with Gasteiger partial charge < -0.3 is 15.2 Å². The van der Waals surface area contributed by atoms with Crippen molar-refractivity contribution < 1.29 is 14.6 Å². The fourth-order valence-electron chi connectivity index (χ4n) is 1.54. The number of benzene rings is 1. The van der Waals surface area contributed by atoms with E-state index in [0.29, 0.717) is 21.6 Å². The molecule has 2 aromatic rings. The van der Waals surface area contributed by atoms with Crippen LogP contribution in [0.2, 0.25) is 0 Å². The van der Waals surface area contributed by atoms with Gasteiger partial charge >= 0.3 is 0 Å². The first-order chi connectivity index (χ1) is 9.69. The lowest BCUT2D eigenvalue weighted by molar-refractivity contribution is 0.102. The summed E-state index contributed by atoms with van der Waals surface area (Å²) in [5, 5.41) is 11.4. The molecular formula is C14H13BrN2O3. The molecule has 1 heterocycles. The molecule has 0 bridgehead atoms. The summed E-state index contributed by atoms with van der Waals surface area (Å²) in [7, 11) is 0. The molecule has 0 fully saturated rings. The molecule has 1 aromatic carbocycles. The van der Waals surface area contributed by atoms with Gasteiger partial charge in [0.05, 0.1) is 6.61 Å². The molecule has 0 unspecified atom stereocenters. The van der Waals surface area contributed by atoms with Gasteiger partial charge in [0, 0.05) is 17.4 Å². The summed E-state index contributed by atoms with van der Waals surface area (Å²) in [6.45, 7) is 0.214. The number of halogens is 1. The van der Waals surface area contributed by atoms with E-state index in [1.807, 2.05) is 0 Å². The Kier molecular flexibility index (Phi) is 5.09. The van der Waals surface area contributed by atoms with Crippen molar-refractivity contribution >= 4 is 27.5 Å². The Labute approximate surface area is 124 Å². The lowest BCUT2D eigenvalue weighted by atomic mass is 10.2. The Balaban J connectivity index is 2.01. The van der Waals surface area contributed by atoms with Gasteiger partial charge in [0.15, 0.2) is 0 Å².